The summed E-state index contributed by atoms with van der Waals surface area (Å²) in [7, 11) is 32.3. The Kier molecular flexibility index (Phi) is 40.5. The van der Waals surface area contributed by atoms with Gasteiger partial charge in [0.25, 0.3) is 23.6 Å². The number of nitrogens with one attached hydrogen (secondary N) is 2. The number of hydrogen-bond donors (Lipinski definition) is 2. The van der Waals surface area contributed by atoms with Crippen LogP contribution in [-0.4, -0.2) is 328 Å². The van der Waals surface area contributed by atoms with E-state index in [1.54, 1.807) is 28.1 Å². The highest BCUT2D eigenvalue weighted by Gasteiger charge is 2.31. The van der Waals surface area contributed by atoms with E-state index < -0.39 is 17.5 Å². The molecule has 0 saturated carbocycles. The number of halogens is 3. The van der Waals surface area contributed by atoms with Crippen molar-refractivity contribution in [3.05, 3.63) is 316 Å². The molecule has 764 valence electrons. The number of nitrogens with zero attached hydrogens (tertiary/aromatic N) is 18. The summed E-state index contributed by atoms with van der Waals surface area (Å²) in [4.78, 5) is 108. The molecule has 4 aliphatic rings. The predicted octanol–water partition coefficient (Wildman–Crippen LogP) is 16.2. The molecule has 0 aliphatic carbocycles. The molecule has 0 unspecified atom stereocenters. The van der Waals surface area contributed by atoms with Crippen molar-refractivity contribution >= 4 is 86.9 Å². The Labute approximate surface area is 851 Å². The van der Waals surface area contributed by atoms with Gasteiger partial charge in [0.1, 0.15) is 23.6 Å². The summed E-state index contributed by atoms with van der Waals surface area (Å²) in [5.74, 6) is -1.50. The molecule has 0 radical (unpaired) electrons. The topological polar surface area (TPSA) is 196 Å². The lowest BCUT2D eigenvalue weighted by atomic mass is 10.0. The summed E-state index contributed by atoms with van der Waals surface area (Å²) in [5.41, 5.74) is 19.2. The Morgan fingerprint density at radius 1 is 0.389 bits per heavy atom. The summed E-state index contributed by atoms with van der Waals surface area (Å²) < 4.78 is 48.5. The van der Waals surface area contributed by atoms with E-state index in [2.05, 4.69) is 218 Å². The monoisotopic (exact) mass is 1960 g/mol. The number of rotatable bonds is 34. The van der Waals surface area contributed by atoms with Gasteiger partial charge in [-0.2, -0.15) is 0 Å². The van der Waals surface area contributed by atoms with Gasteiger partial charge in [-0.3, -0.25) is 48.6 Å². The van der Waals surface area contributed by atoms with Crippen molar-refractivity contribution in [1.29, 1.82) is 0 Å². The Balaban J connectivity index is 0.000000171. The lowest BCUT2D eigenvalue weighted by molar-refractivity contribution is -0.134. The number of likely N-dealkylation sites (tertiary alicyclic amines) is 1. The van der Waals surface area contributed by atoms with Gasteiger partial charge in [0.05, 0.1) is 34.5 Å². The molecular formula is C115H147F3N20O6. The van der Waals surface area contributed by atoms with Crippen LogP contribution in [0.3, 0.4) is 0 Å². The van der Waals surface area contributed by atoms with Gasteiger partial charge in [-0.05, 0) is 212 Å². The second kappa shape index (κ2) is 53.5. The molecule has 5 amide bonds. The quantitative estimate of drug-likeness (QED) is 0.0361. The van der Waals surface area contributed by atoms with Gasteiger partial charge >= 0.3 is 0 Å². The highest BCUT2D eigenvalue weighted by atomic mass is 19.1. The molecule has 11 aromatic rings. The third-order valence-electron chi connectivity index (χ3n) is 26.5. The summed E-state index contributed by atoms with van der Waals surface area (Å²) >= 11 is 0. The van der Waals surface area contributed by atoms with Gasteiger partial charge in [-0.15, -0.1) is 0 Å². The number of amides is 5. The number of anilines is 8. The van der Waals surface area contributed by atoms with Crippen molar-refractivity contribution in [2.75, 3.05) is 277 Å². The molecule has 144 heavy (non-hydrogen) atoms. The molecular weight excluding hydrogens is 1810 g/mol. The number of benzene rings is 10. The first-order chi connectivity index (χ1) is 69.1. The maximum Gasteiger partial charge on any atom is 0.256 e. The van der Waals surface area contributed by atoms with Crippen LogP contribution < -0.4 is 49.7 Å². The number of aliphatic imine (C=N–C) groups is 1. The average molecular weight is 1960 g/mol. The third-order valence-corrected chi connectivity index (χ3v) is 26.5. The van der Waals surface area contributed by atoms with Crippen molar-refractivity contribution in [3.8, 4) is 17.0 Å². The fourth-order valence-electron chi connectivity index (χ4n) is 17.3. The predicted molar refractivity (Wildman–Crippen MR) is 583 cm³/mol. The van der Waals surface area contributed by atoms with E-state index in [9.17, 15) is 37.1 Å². The molecule has 0 spiro atoms. The van der Waals surface area contributed by atoms with Crippen LogP contribution in [0.1, 0.15) is 94.6 Å². The first-order valence-electron chi connectivity index (χ1n) is 49.8. The molecule has 4 saturated heterocycles. The van der Waals surface area contributed by atoms with E-state index in [4.69, 9.17) is 4.74 Å². The number of ether oxygens (including phenoxy) is 1. The van der Waals surface area contributed by atoms with Gasteiger partial charge in [0, 0.05) is 318 Å². The SMILES string of the molecule is CCN(CCN(C)C)CC(=O)N1CCC(Oc2ccc(-c3ccc(N(C)C)cc3)cn2)CC1.CN(C)c1ccc(C=Nc2ccc(F)cc2C(=O)N2CCN(Cc3ccc(N(C)C)cc3)CC2)cc1.CN(C)c1ccc(CCNC(=O)c2ccc(F)cc2C(=O)N2CCN(Cc3ccc(N(C)C)cc3)CC2)cc1.CN(C)c1ccc(CNc2ccc(F)cc2C(=O)N2CCN(Cc3ccc(N(C)C)cc3)CC2)cc1. The normalized spacial score (nSPS) is 14.2. The highest BCUT2D eigenvalue weighted by Crippen LogP contribution is 2.31. The summed E-state index contributed by atoms with van der Waals surface area (Å²) in [6.07, 6.45) is 6.01. The number of carbonyl (C=O) groups excluding carboxylic acids is 5. The van der Waals surface area contributed by atoms with Crippen LogP contribution in [0.25, 0.3) is 11.1 Å². The first-order valence-corrected chi connectivity index (χ1v) is 49.8. The fourth-order valence-corrected chi connectivity index (χ4v) is 17.3. The lowest BCUT2D eigenvalue weighted by Crippen LogP contribution is -2.48. The molecule has 5 heterocycles. The molecule has 26 nitrogen and oxygen atoms in total. The van der Waals surface area contributed by atoms with E-state index in [-0.39, 0.29) is 46.8 Å². The molecule has 29 heteroatoms. The molecule has 15 rings (SSSR count). The summed E-state index contributed by atoms with van der Waals surface area (Å²) in [6.45, 7) is 18.4. The van der Waals surface area contributed by atoms with Gasteiger partial charge < -0.3 is 74.2 Å². The van der Waals surface area contributed by atoms with Crippen LogP contribution in [0.15, 0.2) is 248 Å². The lowest BCUT2D eigenvalue weighted by Gasteiger charge is -2.35. The zero-order chi connectivity index (χ0) is 103. The van der Waals surface area contributed by atoms with Crippen molar-refractivity contribution < 1.29 is 41.9 Å². The number of likely N-dealkylation sites (N-methyl/N-ethyl adjacent to an activating group) is 2. The van der Waals surface area contributed by atoms with Crippen LogP contribution in [-0.2, 0) is 37.4 Å². The second-order valence-electron chi connectivity index (χ2n) is 38.9. The van der Waals surface area contributed by atoms with Crippen LogP contribution in [0.2, 0.25) is 0 Å². The smallest absolute Gasteiger partial charge is 0.256 e. The van der Waals surface area contributed by atoms with Gasteiger partial charge in [0.2, 0.25) is 11.8 Å². The third kappa shape index (κ3) is 32.6. The van der Waals surface area contributed by atoms with E-state index in [1.807, 2.05) is 179 Å². The number of pyridine rings is 1. The van der Waals surface area contributed by atoms with Gasteiger partial charge in [-0.1, -0.05) is 91.9 Å². The highest BCUT2D eigenvalue weighted by molar-refractivity contribution is 6.07. The number of piperidine rings is 1. The first kappa shape index (κ1) is 109. The minimum absolute atomic E-state index is 0.0998. The van der Waals surface area contributed by atoms with Crippen LogP contribution in [0.4, 0.5) is 64.4 Å². The maximum absolute atomic E-state index is 14.2. The van der Waals surface area contributed by atoms with Crippen molar-refractivity contribution in [2.45, 2.75) is 58.5 Å². The molecule has 0 bridgehead atoms. The van der Waals surface area contributed by atoms with Crippen molar-refractivity contribution in [2.24, 2.45) is 4.99 Å². The van der Waals surface area contributed by atoms with E-state index in [1.165, 1.54) is 76.2 Å². The minimum Gasteiger partial charge on any atom is -0.474 e. The fraction of sp³-hybridized carbons (Fsp3) is 0.383. The standard InChI is InChI=1S/C31H38FN5O2.C29H36FN5O.C29H34FN5O.C26H39N5O2/c1-34(2)26-10-5-23(6-11-26)15-16-33-30(38)28-14-9-25(32)21-29(28)31(39)37-19-17-36(18-20-37)22-24-7-12-27(13-8-24)35(3)4;2*1-32(2)25-10-5-22(6-11-25)20-31-28-14-9-24(30)19-27(28)29(36)35-17-15-34(16-18-35)21-23-7-12-26(13-8-23)33(3)4;1-6-30(18-17-28(2)3)20-26(32)31-15-13-24(14-16-31)33-25-12-9-22(19-27-25)21-7-10-23(11-8-21)29(4)5/h5-14,21H,15-20,22H2,1-4H3,(H,33,38);5-14,19,31H,15-18,20-21H2,1-4H3;5-14,19-20H,15-18,21H2,1-4H3;7-12,19,24H,6,13-18,20H2,1-5H3. The molecule has 0 atom stereocenters. The van der Waals surface area contributed by atoms with E-state index in [0.29, 0.717) is 107 Å². The van der Waals surface area contributed by atoms with Crippen LogP contribution in [0.5, 0.6) is 5.88 Å². The van der Waals surface area contributed by atoms with Crippen LogP contribution in [0, 0.1) is 17.5 Å². The summed E-state index contributed by atoms with van der Waals surface area (Å²) in [6, 6.07) is 74.8. The van der Waals surface area contributed by atoms with Crippen molar-refractivity contribution in [3.63, 3.8) is 0 Å². The Hall–Kier alpha value is -13.8. The summed E-state index contributed by atoms with van der Waals surface area (Å²) in [5, 5.41) is 6.23. The molecule has 10 aromatic carbocycles. The van der Waals surface area contributed by atoms with Crippen LogP contribution >= 0.6 is 0 Å². The van der Waals surface area contributed by atoms with Crippen molar-refractivity contribution in [1.82, 2.24) is 54.4 Å². The maximum atomic E-state index is 14.2. The molecule has 4 aliphatic heterocycles. The van der Waals surface area contributed by atoms with Gasteiger partial charge in [-0.25, -0.2) is 18.2 Å². The Morgan fingerprint density at radius 2 is 0.764 bits per heavy atom. The Morgan fingerprint density at radius 3 is 1.18 bits per heavy atom. The minimum atomic E-state index is -0.532. The number of aromatic nitrogens is 1. The number of carbonyl (C=O) groups is 5. The van der Waals surface area contributed by atoms with Gasteiger partial charge in [0.15, 0.2) is 0 Å². The molecule has 1 aromatic heterocycles. The Bertz CT molecular complexity index is 5920. The van der Waals surface area contributed by atoms with E-state index in [0.717, 1.165) is 142 Å². The number of hydrogen-bond acceptors (Lipinski definition) is 21. The zero-order valence-corrected chi connectivity index (χ0v) is 87.3. The molecule has 4 fully saturated rings. The number of piperazine rings is 3. The zero-order valence-electron chi connectivity index (χ0n) is 87.3. The second-order valence-corrected chi connectivity index (χ2v) is 38.9. The van der Waals surface area contributed by atoms with E-state index >= 15 is 0 Å². The molecule has 2 N–H and O–H groups in total. The average Bonchev–Trinajstić information content (AvgIpc) is 0.803. The largest absolute Gasteiger partial charge is 0.474 e.